The first-order valence-corrected chi connectivity index (χ1v) is 12.1. The molecular weight excluding hydrogens is 423 g/mol. The van der Waals surface area contributed by atoms with Crippen molar-refractivity contribution in [3.8, 4) is 0 Å². The van der Waals surface area contributed by atoms with E-state index in [9.17, 15) is 23.1 Å². The number of ether oxygens (including phenoxy) is 1. The second kappa shape index (κ2) is 20.4. The topological polar surface area (TPSA) is 121 Å². The molecule has 9 heteroatoms. The van der Waals surface area contributed by atoms with Gasteiger partial charge in [0.15, 0.2) is 5.25 Å². The molecule has 0 aromatic rings. The van der Waals surface area contributed by atoms with Gasteiger partial charge in [-0.15, -0.1) is 0 Å². The molecule has 1 N–H and O–H groups in total. The van der Waals surface area contributed by atoms with Crippen molar-refractivity contribution >= 4 is 22.1 Å². The van der Waals surface area contributed by atoms with E-state index >= 15 is 0 Å². The van der Waals surface area contributed by atoms with Gasteiger partial charge in [-0.2, -0.15) is 8.42 Å². The minimum Gasteiger partial charge on any atom is -0.550 e. The van der Waals surface area contributed by atoms with Crippen LogP contribution in [0.5, 0.6) is 0 Å². The van der Waals surface area contributed by atoms with Crippen LogP contribution in [0.3, 0.4) is 0 Å². The summed E-state index contributed by atoms with van der Waals surface area (Å²) < 4.78 is 35.7. The first-order valence-electron chi connectivity index (χ1n) is 10.6. The van der Waals surface area contributed by atoms with Crippen LogP contribution in [0.2, 0.25) is 0 Å². The van der Waals surface area contributed by atoms with E-state index in [-0.39, 0.29) is 58.0 Å². The summed E-state index contributed by atoms with van der Waals surface area (Å²) in [6.45, 7) is 2.24. The molecule has 166 valence electrons. The van der Waals surface area contributed by atoms with Crippen molar-refractivity contribution in [3.63, 3.8) is 0 Å². The molecule has 7 nitrogen and oxygen atoms in total. The molecule has 0 amide bonds. The first kappa shape index (κ1) is 31.7. The minimum atomic E-state index is -4.83. The van der Waals surface area contributed by atoms with Gasteiger partial charge in [0.05, 0.1) is 6.61 Å². The van der Waals surface area contributed by atoms with Crippen LogP contribution >= 0.6 is 0 Å². The van der Waals surface area contributed by atoms with Gasteiger partial charge in [0, 0.05) is 12.4 Å². The van der Waals surface area contributed by atoms with Crippen molar-refractivity contribution in [2.24, 2.45) is 0 Å². The van der Waals surface area contributed by atoms with Gasteiger partial charge >= 0.3 is 57.4 Å². The summed E-state index contributed by atoms with van der Waals surface area (Å²) in [5, 5.41) is 8.36. The number of carbonyl (C=O) groups excluding carboxylic acids is 2. The molecule has 0 aliphatic carbocycles. The Balaban J connectivity index is 0. The molecular formula is C20H37KO7S. The van der Waals surface area contributed by atoms with Gasteiger partial charge in [-0.25, -0.2) is 0 Å². The molecule has 0 aliphatic heterocycles. The molecule has 0 aromatic heterocycles. The Bertz CT molecular complexity index is 523. The number of hydrogen-bond donors (Lipinski definition) is 1. The maximum atomic E-state index is 11.6. The Labute approximate surface area is 218 Å². The number of rotatable bonds is 19. The fourth-order valence-electron chi connectivity index (χ4n) is 3.02. The van der Waals surface area contributed by atoms with Crippen LogP contribution < -0.4 is 56.5 Å². The molecule has 29 heavy (non-hydrogen) atoms. The molecule has 1 atom stereocenters. The fraction of sp³-hybridized carbons (Fsp3) is 0.900. The molecule has 0 rings (SSSR count). The molecule has 0 spiro atoms. The first-order chi connectivity index (χ1) is 13.3. The molecule has 0 saturated heterocycles. The second-order valence-electron chi connectivity index (χ2n) is 7.34. The number of aliphatic carboxylic acids is 1. The Morgan fingerprint density at radius 3 is 1.55 bits per heavy atom. The number of carbonyl (C=O) groups is 2. The molecule has 0 radical (unpaired) electrons. The average molecular weight is 461 g/mol. The van der Waals surface area contributed by atoms with Crippen molar-refractivity contribution in [1.82, 2.24) is 0 Å². The van der Waals surface area contributed by atoms with Gasteiger partial charge in [0.1, 0.15) is 0 Å². The predicted molar refractivity (Wildman–Crippen MR) is 106 cm³/mol. The van der Waals surface area contributed by atoms with Crippen molar-refractivity contribution in [3.05, 3.63) is 0 Å². The Morgan fingerprint density at radius 1 is 0.828 bits per heavy atom. The number of esters is 1. The van der Waals surface area contributed by atoms with Crippen LogP contribution in [-0.4, -0.2) is 36.8 Å². The number of unbranched alkanes of at least 4 members (excludes halogenated alkanes) is 13. The van der Waals surface area contributed by atoms with Crippen molar-refractivity contribution in [2.45, 2.75) is 108 Å². The molecule has 1 unspecified atom stereocenters. The SMILES string of the molecule is CCCCCCCCCCCCCCCCOC(=O)C(CC(=O)[O-])S(=O)(=O)O.[K+]. The van der Waals surface area contributed by atoms with Crippen molar-refractivity contribution < 1.29 is 83.8 Å². The maximum absolute atomic E-state index is 11.6. The van der Waals surface area contributed by atoms with Gasteiger partial charge < -0.3 is 14.6 Å². The Hall–Kier alpha value is 0.486. The Morgan fingerprint density at radius 2 is 1.21 bits per heavy atom. The summed E-state index contributed by atoms with van der Waals surface area (Å²) in [5.74, 6) is -2.99. The van der Waals surface area contributed by atoms with E-state index in [1.807, 2.05) is 0 Å². The average Bonchev–Trinajstić information content (AvgIpc) is 2.61. The maximum Gasteiger partial charge on any atom is 1.00 e. The van der Waals surface area contributed by atoms with Crippen molar-refractivity contribution in [1.29, 1.82) is 0 Å². The van der Waals surface area contributed by atoms with Crippen LogP contribution in [0.1, 0.15) is 103 Å². The van der Waals surface area contributed by atoms with E-state index in [0.717, 1.165) is 19.3 Å². The normalized spacial score (nSPS) is 12.2. The van der Waals surface area contributed by atoms with Gasteiger partial charge in [-0.05, 0) is 6.42 Å². The number of carboxylic acids is 1. The van der Waals surface area contributed by atoms with Crippen LogP contribution in [0.25, 0.3) is 0 Å². The monoisotopic (exact) mass is 460 g/mol. The predicted octanol–water partition coefficient (Wildman–Crippen LogP) is 0.411. The molecule has 0 bridgehead atoms. The largest absolute Gasteiger partial charge is 1.00 e. The third kappa shape index (κ3) is 20.2. The van der Waals surface area contributed by atoms with E-state index in [1.165, 1.54) is 64.2 Å². The quantitative estimate of drug-likeness (QED) is 0.128. The van der Waals surface area contributed by atoms with E-state index in [4.69, 9.17) is 9.29 Å². The van der Waals surface area contributed by atoms with E-state index in [1.54, 1.807) is 0 Å². The molecule has 0 aliphatic rings. The minimum absolute atomic E-state index is 0. The van der Waals surface area contributed by atoms with Gasteiger partial charge in [0.2, 0.25) is 0 Å². The molecule has 0 saturated carbocycles. The summed E-state index contributed by atoms with van der Waals surface area (Å²) in [6, 6.07) is 0. The molecule has 0 aromatic carbocycles. The molecule has 0 fully saturated rings. The Kier molecular flexibility index (Phi) is 22.3. The van der Waals surface area contributed by atoms with Gasteiger partial charge in [-0.3, -0.25) is 9.35 Å². The smallest absolute Gasteiger partial charge is 0.550 e. The second-order valence-corrected chi connectivity index (χ2v) is 8.94. The zero-order valence-corrected chi connectivity index (χ0v) is 22.1. The van der Waals surface area contributed by atoms with E-state index in [0.29, 0.717) is 6.42 Å². The van der Waals surface area contributed by atoms with Crippen LogP contribution in [0.4, 0.5) is 0 Å². The number of hydrogen-bond acceptors (Lipinski definition) is 6. The van der Waals surface area contributed by atoms with E-state index in [2.05, 4.69) is 6.92 Å². The van der Waals surface area contributed by atoms with Gasteiger partial charge in [-0.1, -0.05) is 90.4 Å². The van der Waals surface area contributed by atoms with Crippen LogP contribution in [0, 0.1) is 0 Å². The third-order valence-electron chi connectivity index (χ3n) is 4.72. The van der Waals surface area contributed by atoms with E-state index < -0.39 is 33.7 Å². The summed E-state index contributed by atoms with van der Waals surface area (Å²) in [7, 11) is -4.83. The number of carboxylic acid groups (broad SMARTS) is 1. The zero-order chi connectivity index (χ0) is 21.3. The fourth-order valence-corrected chi connectivity index (χ4v) is 3.68. The summed E-state index contributed by atoms with van der Waals surface area (Å²) in [6.07, 6.45) is 15.5. The third-order valence-corrected chi connectivity index (χ3v) is 5.79. The zero-order valence-electron chi connectivity index (χ0n) is 18.2. The standard InChI is InChI=1S/C20H38O7S.K/c1-2-3-4-5-6-7-8-9-10-11-12-13-14-15-16-27-20(23)18(17-19(21)22)28(24,25)26;/h18H,2-17H2,1H3,(H,21,22)(H,24,25,26);/q;+1/p-1. The molecule has 0 heterocycles. The summed E-state index contributed by atoms with van der Waals surface area (Å²) >= 11 is 0. The van der Waals surface area contributed by atoms with Crippen LogP contribution in [0.15, 0.2) is 0 Å². The van der Waals surface area contributed by atoms with Crippen molar-refractivity contribution in [2.75, 3.05) is 6.61 Å². The summed E-state index contributed by atoms with van der Waals surface area (Å²) in [4.78, 5) is 22.1. The van der Waals surface area contributed by atoms with Crippen LogP contribution in [-0.2, 0) is 24.4 Å². The summed E-state index contributed by atoms with van der Waals surface area (Å²) in [5.41, 5.74) is 0. The van der Waals surface area contributed by atoms with Gasteiger partial charge in [0.25, 0.3) is 10.1 Å².